The molecule has 2 N–H and O–H groups in total. The van der Waals surface area contributed by atoms with Crippen LogP contribution in [0.25, 0.3) is 0 Å². The van der Waals surface area contributed by atoms with Crippen LogP contribution in [0.4, 0.5) is 0 Å². The number of carbonyl (C=O) groups is 1. The minimum atomic E-state index is -0.0901. The first-order valence-corrected chi connectivity index (χ1v) is 6.33. The Morgan fingerprint density at radius 1 is 1.59 bits per heavy atom. The summed E-state index contributed by atoms with van der Waals surface area (Å²) in [6.07, 6.45) is 1.96. The largest absolute Gasteiger partial charge is 0.469 e. The Morgan fingerprint density at radius 2 is 2.35 bits per heavy atom. The van der Waals surface area contributed by atoms with Crippen LogP contribution in [0.15, 0.2) is 0 Å². The van der Waals surface area contributed by atoms with Gasteiger partial charge in [-0.1, -0.05) is 0 Å². The number of nitrogens with two attached hydrogens (primary N) is 1. The van der Waals surface area contributed by atoms with Crippen molar-refractivity contribution in [1.82, 2.24) is 4.90 Å². The van der Waals surface area contributed by atoms with E-state index in [-0.39, 0.29) is 18.0 Å². The number of likely N-dealkylation sites (tertiary alicyclic amines) is 1. The molecule has 0 radical (unpaired) electrons. The molecule has 5 nitrogen and oxygen atoms in total. The van der Waals surface area contributed by atoms with Crippen LogP contribution in [0, 0.1) is 5.92 Å². The second-order valence-electron chi connectivity index (χ2n) is 4.41. The molecule has 1 saturated heterocycles. The zero-order valence-electron chi connectivity index (χ0n) is 10.9. The van der Waals surface area contributed by atoms with E-state index in [2.05, 4.69) is 4.90 Å². The van der Waals surface area contributed by atoms with E-state index in [1.165, 1.54) is 7.11 Å². The second kappa shape index (κ2) is 7.63. The zero-order chi connectivity index (χ0) is 12.7. The number of hydrogen-bond donors (Lipinski definition) is 1. The molecule has 1 fully saturated rings. The Balaban J connectivity index is 2.23. The summed E-state index contributed by atoms with van der Waals surface area (Å²) < 4.78 is 10.3. The zero-order valence-corrected chi connectivity index (χ0v) is 10.9. The smallest absolute Gasteiger partial charge is 0.310 e. The van der Waals surface area contributed by atoms with Crippen LogP contribution in [0.1, 0.15) is 19.8 Å². The Labute approximate surface area is 103 Å². The molecule has 0 aromatic heterocycles. The van der Waals surface area contributed by atoms with Gasteiger partial charge < -0.3 is 20.1 Å². The van der Waals surface area contributed by atoms with Gasteiger partial charge in [-0.2, -0.15) is 0 Å². The Bertz CT molecular complexity index is 236. The standard InChI is InChI=1S/C12H24N2O3/c1-3-17-11(8-13)5-7-14-6-4-10(9-14)12(15)16-2/h10-11H,3-9,13H2,1-2H3. The highest BCUT2D eigenvalue weighted by molar-refractivity contribution is 5.72. The van der Waals surface area contributed by atoms with Crippen LogP contribution in [0.2, 0.25) is 0 Å². The van der Waals surface area contributed by atoms with E-state index in [1.54, 1.807) is 0 Å². The van der Waals surface area contributed by atoms with E-state index in [0.717, 1.165) is 32.5 Å². The summed E-state index contributed by atoms with van der Waals surface area (Å²) in [6, 6.07) is 0. The maximum Gasteiger partial charge on any atom is 0.310 e. The van der Waals surface area contributed by atoms with E-state index >= 15 is 0 Å². The SMILES string of the molecule is CCOC(CN)CCN1CCC(C(=O)OC)C1. The number of esters is 1. The third kappa shape index (κ3) is 4.61. The number of methoxy groups -OCH3 is 1. The third-order valence-electron chi connectivity index (χ3n) is 3.24. The fourth-order valence-corrected chi connectivity index (χ4v) is 2.23. The molecule has 5 heteroatoms. The normalized spacial score (nSPS) is 22.6. The van der Waals surface area contributed by atoms with Gasteiger partial charge in [0.25, 0.3) is 0 Å². The van der Waals surface area contributed by atoms with E-state index < -0.39 is 0 Å². The van der Waals surface area contributed by atoms with Crippen LogP contribution in [0.5, 0.6) is 0 Å². The quantitative estimate of drug-likeness (QED) is 0.650. The molecule has 100 valence electrons. The minimum absolute atomic E-state index is 0.0448. The lowest BCUT2D eigenvalue weighted by molar-refractivity contribution is -0.144. The highest BCUT2D eigenvalue weighted by Crippen LogP contribution is 2.17. The Kier molecular flexibility index (Phi) is 6.47. The molecule has 17 heavy (non-hydrogen) atoms. The van der Waals surface area contributed by atoms with Crippen molar-refractivity contribution in [3.63, 3.8) is 0 Å². The fourth-order valence-electron chi connectivity index (χ4n) is 2.23. The lowest BCUT2D eigenvalue weighted by Crippen LogP contribution is -2.31. The number of nitrogens with zero attached hydrogens (tertiary/aromatic N) is 1. The van der Waals surface area contributed by atoms with Gasteiger partial charge in [-0.25, -0.2) is 0 Å². The first-order chi connectivity index (χ1) is 8.21. The molecule has 1 heterocycles. The molecule has 2 atom stereocenters. The average molecular weight is 244 g/mol. The first-order valence-electron chi connectivity index (χ1n) is 6.33. The summed E-state index contributed by atoms with van der Waals surface area (Å²) in [7, 11) is 1.45. The van der Waals surface area contributed by atoms with Crippen molar-refractivity contribution in [2.24, 2.45) is 11.7 Å². The molecule has 0 spiro atoms. The molecule has 0 amide bonds. The number of hydrogen-bond acceptors (Lipinski definition) is 5. The van der Waals surface area contributed by atoms with Gasteiger partial charge in [0.05, 0.1) is 19.1 Å². The molecule has 0 aromatic carbocycles. The Morgan fingerprint density at radius 3 is 2.94 bits per heavy atom. The molecule has 0 saturated carbocycles. The first kappa shape index (κ1) is 14.4. The predicted octanol–water partition coefficient (Wildman–Crippen LogP) is 0.235. The molecular weight excluding hydrogens is 220 g/mol. The lowest BCUT2D eigenvalue weighted by atomic mass is 10.1. The van der Waals surface area contributed by atoms with Crippen molar-refractivity contribution in [2.75, 3.05) is 39.9 Å². The predicted molar refractivity (Wildman–Crippen MR) is 65.6 cm³/mol. The summed E-state index contributed by atoms with van der Waals surface area (Å²) >= 11 is 0. The summed E-state index contributed by atoms with van der Waals surface area (Å²) in [5, 5.41) is 0. The molecule has 0 bridgehead atoms. The molecule has 1 aliphatic rings. The fraction of sp³-hybridized carbons (Fsp3) is 0.917. The second-order valence-corrected chi connectivity index (χ2v) is 4.41. The minimum Gasteiger partial charge on any atom is -0.469 e. The van der Waals surface area contributed by atoms with Gasteiger partial charge in [0.2, 0.25) is 0 Å². The van der Waals surface area contributed by atoms with Gasteiger partial charge in [-0.3, -0.25) is 4.79 Å². The lowest BCUT2D eigenvalue weighted by Gasteiger charge is -2.20. The van der Waals surface area contributed by atoms with Crippen LogP contribution < -0.4 is 5.73 Å². The van der Waals surface area contributed by atoms with Crippen molar-refractivity contribution < 1.29 is 14.3 Å². The number of ether oxygens (including phenoxy) is 2. The van der Waals surface area contributed by atoms with Gasteiger partial charge in [0.15, 0.2) is 0 Å². The monoisotopic (exact) mass is 244 g/mol. The van der Waals surface area contributed by atoms with Crippen molar-refractivity contribution in [2.45, 2.75) is 25.9 Å². The topological polar surface area (TPSA) is 64.8 Å². The molecule has 1 rings (SSSR count). The summed E-state index contributed by atoms with van der Waals surface area (Å²) in [4.78, 5) is 13.6. The van der Waals surface area contributed by atoms with Crippen molar-refractivity contribution in [3.05, 3.63) is 0 Å². The summed E-state index contributed by atoms with van der Waals surface area (Å²) in [5.74, 6) is -0.0453. The molecule has 1 aliphatic heterocycles. The molecule has 2 unspecified atom stereocenters. The van der Waals surface area contributed by atoms with E-state index in [9.17, 15) is 4.79 Å². The molecular formula is C12H24N2O3. The average Bonchev–Trinajstić information content (AvgIpc) is 2.82. The maximum absolute atomic E-state index is 11.4. The highest BCUT2D eigenvalue weighted by Gasteiger charge is 2.28. The van der Waals surface area contributed by atoms with Crippen LogP contribution in [-0.4, -0.2) is 56.9 Å². The Hall–Kier alpha value is -0.650. The maximum atomic E-state index is 11.4. The van der Waals surface area contributed by atoms with Gasteiger partial charge >= 0.3 is 5.97 Å². The van der Waals surface area contributed by atoms with Gasteiger partial charge in [-0.05, 0) is 26.3 Å². The van der Waals surface area contributed by atoms with Crippen LogP contribution in [0.3, 0.4) is 0 Å². The van der Waals surface area contributed by atoms with E-state index in [4.69, 9.17) is 15.2 Å². The van der Waals surface area contributed by atoms with Crippen molar-refractivity contribution in [1.29, 1.82) is 0 Å². The van der Waals surface area contributed by atoms with Gasteiger partial charge in [0.1, 0.15) is 0 Å². The van der Waals surface area contributed by atoms with Gasteiger partial charge in [-0.15, -0.1) is 0 Å². The van der Waals surface area contributed by atoms with Crippen LogP contribution >= 0.6 is 0 Å². The highest BCUT2D eigenvalue weighted by atomic mass is 16.5. The van der Waals surface area contributed by atoms with E-state index in [0.29, 0.717) is 13.2 Å². The van der Waals surface area contributed by atoms with Crippen molar-refractivity contribution >= 4 is 5.97 Å². The van der Waals surface area contributed by atoms with Crippen LogP contribution in [-0.2, 0) is 14.3 Å². The van der Waals surface area contributed by atoms with Crippen molar-refractivity contribution in [3.8, 4) is 0 Å². The van der Waals surface area contributed by atoms with E-state index in [1.807, 2.05) is 6.92 Å². The summed E-state index contributed by atoms with van der Waals surface area (Å²) in [6.45, 7) is 5.94. The van der Waals surface area contributed by atoms with Gasteiger partial charge in [0, 0.05) is 26.2 Å². The number of rotatable bonds is 7. The third-order valence-corrected chi connectivity index (χ3v) is 3.24. The molecule has 0 aromatic rings. The molecule has 0 aliphatic carbocycles. The number of carbonyl (C=O) groups excluding carboxylic acids is 1. The summed E-state index contributed by atoms with van der Waals surface area (Å²) in [5.41, 5.74) is 5.62.